The Morgan fingerprint density at radius 3 is 2.38 bits per heavy atom. The Morgan fingerprint density at radius 2 is 1.85 bits per heavy atom. The summed E-state index contributed by atoms with van der Waals surface area (Å²) >= 11 is 0. The lowest BCUT2D eigenvalue weighted by Gasteiger charge is -2.33. The fraction of sp³-hybridized carbons (Fsp3) is 0.875. The van der Waals surface area contributed by atoms with Crippen LogP contribution in [0.15, 0.2) is 0 Å². The summed E-state index contributed by atoms with van der Waals surface area (Å²) in [5.41, 5.74) is 0. The molecule has 1 aliphatic heterocycles. The van der Waals surface area contributed by atoms with Gasteiger partial charge in [0.1, 0.15) is 0 Å². The Morgan fingerprint density at radius 1 is 1.15 bits per heavy atom. The van der Waals surface area contributed by atoms with Gasteiger partial charge >= 0.3 is 0 Å². The van der Waals surface area contributed by atoms with E-state index in [4.69, 9.17) is 10.2 Å². The highest BCUT2D eigenvalue weighted by atomic mass is 16.3. The lowest BCUT2D eigenvalue weighted by molar-refractivity contribution is -0.136. The van der Waals surface area contributed by atoms with Crippen LogP contribution in [0.25, 0.3) is 0 Å². The van der Waals surface area contributed by atoms with E-state index >= 15 is 0 Å². The number of carbonyl (C=O) groups excluding carboxylic acids is 1. The van der Waals surface area contributed by atoms with Gasteiger partial charge in [-0.1, -0.05) is 0 Å². The molecular formula is C8H16N2O3. The molecule has 2 N–H and O–H groups in total. The first kappa shape index (κ1) is 10.4. The standard InChI is InChI=1S/C8H16N2O3/c11-5-3-9-1-2-10(4-6-12)8(13)7-9/h11-12H,1-7H2. The van der Waals surface area contributed by atoms with E-state index in [9.17, 15) is 4.79 Å². The van der Waals surface area contributed by atoms with E-state index in [2.05, 4.69) is 0 Å². The molecule has 5 nitrogen and oxygen atoms in total. The molecule has 0 aromatic rings. The summed E-state index contributed by atoms with van der Waals surface area (Å²) < 4.78 is 0. The summed E-state index contributed by atoms with van der Waals surface area (Å²) in [7, 11) is 0. The Hall–Kier alpha value is -0.650. The highest BCUT2D eigenvalue weighted by molar-refractivity contribution is 5.79. The van der Waals surface area contributed by atoms with Crippen molar-refractivity contribution in [1.29, 1.82) is 0 Å². The van der Waals surface area contributed by atoms with Crippen LogP contribution in [-0.2, 0) is 4.79 Å². The summed E-state index contributed by atoms with van der Waals surface area (Å²) in [6.45, 7) is 2.88. The van der Waals surface area contributed by atoms with Gasteiger partial charge in [0.25, 0.3) is 0 Å². The quantitative estimate of drug-likeness (QED) is 0.542. The molecule has 0 aliphatic carbocycles. The molecule has 1 aliphatic rings. The number of nitrogens with zero attached hydrogens (tertiary/aromatic N) is 2. The summed E-state index contributed by atoms with van der Waals surface area (Å²) in [5.74, 6) is 0.0359. The maximum atomic E-state index is 11.4. The van der Waals surface area contributed by atoms with Crippen molar-refractivity contribution in [3.05, 3.63) is 0 Å². The Kier molecular flexibility index (Phi) is 4.14. The lowest BCUT2D eigenvalue weighted by atomic mass is 10.3. The molecule has 0 spiro atoms. The van der Waals surface area contributed by atoms with Crippen molar-refractivity contribution in [2.75, 3.05) is 45.9 Å². The fourth-order valence-electron chi connectivity index (χ4n) is 1.45. The second-order valence-electron chi connectivity index (χ2n) is 3.10. The monoisotopic (exact) mass is 188 g/mol. The number of piperazine rings is 1. The molecule has 0 saturated carbocycles. The number of hydrogen-bond donors (Lipinski definition) is 2. The third kappa shape index (κ3) is 2.95. The van der Waals surface area contributed by atoms with Crippen molar-refractivity contribution in [3.8, 4) is 0 Å². The minimum absolute atomic E-state index is 0.0196. The van der Waals surface area contributed by atoms with Gasteiger partial charge in [-0.2, -0.15) is 0 Å². The van der Waals surface area contributed by atoms with Crippen molar-refractivity contribution in [3.63, 3.8) is 0 Å². The average Bonchev–Trinajstić information content (AvgIpc) is 2.10. The summed E-state index contributed by atoms with van der Waals surface area (Å²) in [6.07, 6.45) is 0. The van der Waals surface area contributed by atoms with Gasteiger partial charge in [0.15, 0.2) is 0 Å². The minimum atomic E-state index is 0.0196. The zero-order chi connectivity index (χ0) is 9.68. The van der Waals surface area contributed by atoms with Gasteiger partial charge in [-0.25, -0.2) is 0 Å². The van der Waals surface area contributed by atoms with Crippen LogP contribution in [0.2, 0.25) is 0 Å². The van der Waals surface area contributed by atoms with Gasteiger partial charge in [0.05, 0.1) is 19.8 Å². The van der Waals surface area contributed by atoms with Crippen molar-refractivity contribution in [2.45, 2.75) is 0 Å². The van der Waals surface area contributed by atoms with Crippen LogP contribution in [0.4, 0.5) is 0 Å². The minimum Gasteiger partial charge on any atom is -0.395 e. The summed E-state index contributed by atoms with van der Waals surface area (Å²) in [5, 5.41) is 17.3. The zero-order valence-electron chi connectivity index (χ0n) is 7.65. The maximum absolute atomic E-state index is 11.4. The SMILES string of the molecule is O=C1CN(CCO)CCN1CCO. The van der Waals surface area contributed by atoms with Crippen molar-refractivity contribution in [1.82, 2.24) is 9.80 Å². The van der Waals surface area contributed by atoms with Crippen molar-refractivity contribution < 1.29 is 15.0 Å². The lowest BCUT2D eigenvalue weighted by Crippen LogP contribution is -2.51. The highest BCUT2D eigenvalue weighted by Gasteiger charge is 2.22. The molecular weight excluding hydrogens is 172 g/mol. The summed E-state index contributed by atoms with van der Waals surface area (Å²) in [4.78, 5) is 14.9. The van der Waals surface area contributed by atoms with Crippen molar-refractivity contribution >= 4 is 5.91 Å². The molecule has 0 aromatic heterocycles. The molecule has 13 heavy (non-hydrogen) atoms. The van der Waals surface area contributed by atoms with E-state index in [0.29, 0.717) is 26.2 Å². The van der Waals surface area contributed by atoms with Crippen LogP contribution in [0.3, 0.4) is 0 Å². The first-order chi connectivity index (χ1) is 6.27. The molecule has 0 bridgehead atoms. The number of aliphatic hydroxyl groups is 2. The van der Waals surface area contributed by atoms with Crippen LogP contribution < -0.4 is 0 Å². The van der Waals surface area contributed by atoms with Crippen LogP contribution >= 0.6 is 0 Å². The molecule has 1 heterocycles. The Bertz CT molecular complexity index is 175. The topological polar surface area (TPSA) is 64.0 Å². The molecule has 1 fully saturated rings. The Balaban J connectivity index is 2.33. The fourth-order valence-corrected chi connectivity index (χ4v) is 1.45. The van der Waals surface area contributed by atoms with E-state index in [0.717, 1.165) is 6.54 Å². The Labute approximate surface area is 77.6 Å². The number of carbonyl (C=O) groups is 1. The summed E-state index contributed by atoms with van der Waals surface area (Å²) in [6, 6.07) is 0. The number of amides is 1. The van der Waals surface area contributed by atoms with Gasteiger partial charge in [0.2, 0.25) is 5.91 Å². The molecule has 5 heteroatoms. The van der Waals surface area contributed by atoms with Crippen molar-refractivity contribution in [2.24, 2.45) is 0 Å². The van der Waals surface area contributed by atoms with Gasteiger partial charge in [0, 0.05) is 26.2 Å². The molecule has 0 unspecified atom stereocenters. The number of aliphatic hydroxyl groups excluding tert-OH is 2. The predicted molar refractivity (Wildman–Crippen MR) is 47.2 cm³/mol. The van der Waals surface area contributed by atoms with E-state index < -0.39 is 0 Å². The normalized spacial score (nSPS) is 19.5. The first-order valence-electron chi connectivity index (χ1n) is 4.49. The number of β-amino-alcohol motifs (C(OH)–C–C–N with tert-alkyl or cyclic N) is 2. The van der Waals surface area contributed by atoms with E-state index in [-0.39, 0.29) is 19.1 Å². The van der Waals surface area contributed by atoms with Crippen LogP contribution in [0, 0.1) is 0 Å². The van der Waals surface area contributed by atoms with E-state index in [1.54, 1.807) is 4.90 Å². The molecule has 0 aromatic carbocycles. The van der Waals surface area contributed by atoms with Crippen LogP contribution in [0.1, 0.15) is 0 Å². The average molecular weight is 188 g/mol. The highest BCUT2D eigenvalue weighted by Crippen LogP contribution is 2.01. The van der Waals surface area contributed by atoms with E-state index in [1.807, 2.05) is 4.90 Å². The molecule has 76 valence electrons. The molecule has 1 amide bonds. The third-order valence-electron chi connectivity index (χ3n) is 2.18. The smallest absolute Gasteiger partial charge is 0.236 e. The molecule has 0 radical (unpaired) electrons. The first-order valence-corrected chi connectivity index (χ1v) is 4.49. The molecule has 0 atom stereocenters. The third-order valence-corrected chi connectivity index (χ3v) is 2.18. The molecule has 1 saturated heterocycles. The number of hydrogen-bond acceptors (Lipinski definition) is 4. The van der Waals surface area contributed by atoms with Crippen LogP contribution in [-0.4, -0.2) is 71.9 Å². The van der Waals surface area contributed by atoms with E-state index in [1.165, 1.54) is 0 Å². The van der Waals surface area contributed by atoms with Gasteiger partial charge in [-0.3, -0.25) is 9.69 Å². The second-order valence-corrected chi connectivity index (χ2v) is 3.10. The zero-order valence-corrected chi connectivity index (χ0v) is 7.65. The largest absolute Gasteiger partial charge is 0.395 e. The predicted octanol–water partition coefficient (Wildman–Crippen LogP) is -1.88. The van der Waals surface area contributed by atoms with Gasteiger partial charge in [-0.15, -0.1) is 0 Å². The second kappa shape index (κ2) is 5.16. The molecule has 1 rings (SSSR count). The van der Waals surface area contributed by atoms with Crippen LogP contribution in [0.5, 0.6) is 0 Å². The number of rotatable bonds is 4. The van der Waals surface area contributed by atoms with Gasteiger partial charge in [-0.05, 0) is 0 Å². The maximum Gasteiger partial charge on any atom is 0.236 e. The van der Waals surface area contributed by atoms with Gasteiger partial charge < -0.3 is 15.1 Å².